The molecule has 2 aromatic heterocycles. The number of rotatable bonds is 3. The van der Waals surface area contributed by atoms with Gasteiger partial charge in [-0.15, -0.1) is 0 Å². The van der Waals surface area contributed by atoms with E-state index in [1.54, 1.807) is 7.11 Å². The Kier molecular flexibility index (Phi) is 3.28. The van der Waals surface area contributed by atoms with Gasteiger partial charge in [0, 0.05) is 5.69 Å². The third-order valence-corrected chi connectivity index (χ3v) is 3.55. The summed E-state index contributed by atoms with van der Waals surface area (Å²) in [6.45, 7) is 2.65. The predicted octanol–water partition coefficient (Wildman–Crippen LogP) is 3.46. The van der Waals surface area contributed by atoms with E-state index in [1.165, 1.54) is 0 Å². The first kappa shape index (κ1) is 12.9. The van der Waals surface area contributed by atoms with Crippen LogP contribution in [0.1, 0.15) is 11.3 Å². The smallest absolute Gasteiger partial charge is 0.179 e. The van der Waals surface area contributed by atoms with Crippen LogP contribution in [0.25, 0.3) is 11.2 Å². The van der Waals surface area contributed by atoms with Gasteiger partial charge in [0.1, 0.15) is 5.75 Å². The number of H-pyrrole nitrogens is 1. The molecule has 0 aliphatic carbocycles. The van der Waals surface area contributed by atoms with E-state index in [-0.39, 0.29) is 0 Å². The average molecular weight is 285 g/mol. The van der Waals surface area contributed by atoms with Crippen LogP contribution in [0, 0.1) is 11.7 Å². The molecule has 1 aromatic carbocycles. The fraction of sp³-hybridized carbons (Fsp3) is 0.200. The highest BCUT2D eigenvalue weighted by Gasteiger charge is 2.07. The number of benzene rings is 1. The van der Waals surface area contributed by atoms with Gasteiger partial charge in [0.2, 0.25) is 0 Å². The van der Waals surface area contributed by atoms with Crippen molar-refractivity contribution < 1.29 is 4.74 Å². The number of ether oxygens (including phenoxy) is 1. The van der Waals surface area contributed by atoms with Crippen LogP contribution in [-0.2, 0) is 6.54 Å². The first-order valence-corrected chi connectivity index (χ1v) is 6.77. The number of hydrogen-bond donors (Lipinski definition) is 1. The highest BCUT2D eigenvalue weighted by molar-refractivity contribution is 7.71. The van der Waals surface area contributed by atoms with Crippen molar-refractivity contribution in [2.45, 2.75) is 13.5 Å². The Morgan fingerprint density at radius 1 is 1.30 bits per heavy atom. The zero-order chi connectivity index (χ0) is 14.1. The molecule has 0 bridgehead atoms. The minimum Gasteiger partial charge on any atom is -0.497 e. The summed E-state index contributed by atoms with van der Waals surface area (Å²) in [5, 5.41) is 0. The van der Waals surface area contributed by atoms with Gasteiger partial charge in [-0.3, -0.25) is 4.57 Å². The molecule has 3 rings (SSSR count). The SMILES string of the molecule is COc1cccc(Cn2c(=S)[nH]c3ccc(C)nc32)c1. The normalized spacial score (nSPS) is 10.9. The van der Waals surface area contributed by atoms with Gasteiger partial charge in [0.05, 0.1) is 19.2 Å². The van der Waals surface area contributed by atoms with Crippen LogP contribution in [0.5, 0.6) is 5.75 Å². The second-order valence-corrected chi connectivity index (χ2v) is 5.08. The van der Waals surface area contributed by atoms with Gasteiger partial charge >= 0.3 is 0 Å². The molecule has 0 aliphatic rings. The first-order valence-electron chi connectivity index (χ1n) is 6.36. The molecular weight excluding hydrogens is 270 g/mol. The van der Waals surface area contributed by atoms with Crippen molar-refractivity contribution in [2.24, 2.45) is 0 Å². The van der Waals surface area contributed by atoms with E-state index in [0.29, 0.717) is 11.3 Å². The topological polar surface area (TPSA) is 42.8 Å². The molecule has 5 heteroatoms. The number of nitrogens with zero attached hydrogens (tertiary/aromatic N) is 2. The largest absolute Gasteiger partial charge is 0.497 e. The van der Waals surface area contributed by atoms with E-state index in [1.807, 2.05) is 41.8 Å². The Bertz CT molecular complexity index is 819. The van der Waals surface area contributed by atoms with Crippen molar-refractivity contribution >= 4 is 23.4 Å². The monoisotopic (exact) mass is 285 g/mol. The zero-order valence-electron chi connectivity index (χ0n) is 11.4. The number of aromatic nitrogens is 3. The molecule has 3 aromatic rings. The van der Waals surface area contributed by atoms with Crippen molar-refractivity contribution in [2.75, 3.05) is 7.11 Å². The second kappa shape index (κ2) is 5.09. The second-order valence-electron chi connectivity index (χ2n) is 4.69. The lowest BCUT2D eigenvalue weighted by Crippen LogP contribution is -2.01. The van der Waals surface area contributed by atoms with Crippen LogP contribution < -0.4 is 4.74 Å². The first-order chi connectivity index (χ1) is 9.67. The summed E-state index contributed by atoms with van der Waals surface area (Å²) in [6, 6.07) is 12.0. The van der Waals surface area contributed by atoms with Gasteiger partial charge in [0.15, 0.2) is 10.4 Å². The molecule has 0 radical (unpaired) electrons. The number of hydrogen-bond acceptors (Lipinski definition) is 3. The maximum atomic E-state index is 5.39. The van der Waals surface area contributed by atoms with E-state index in [0.717, 1.165) is 28.2 Å². The van der Waals surface area contributed by atoms with Gasteiger partial charge in [-0.1, -0.05) is 12.1 Å². The van der Waals surface area contributed by atoms with Crippen molar-refractivity contribution in [1.82, 2.24) is 14.5 Å². The van der Waals surface area contributed by atoms with Crippen molar-refractivity contribution in [1.29, 1.82) is 0 Å². The van der Waals surface area contributed by atoms with Crippen LogP contribution in [0.3, 0.4) is 0 Å². The van der Waals surface area contributed by atoms with Crippen LogP contribution in [-0.4, -0.2) is 21.6 Å². The minimum atomic E-state index is 0.673. The molecule has 102 valence electrons. The molecular formula is C15H15N3OS. The van der Waals surface area contributed by atoms with E-state index < -0.39 is 0 Å². The van der Waals surface area contributed by atoms with Gasteiger partial charge < -0.3 is 9.72 Å². The highest BCUT2D eigenvalue weighted by Crippen LogP contribution is 2.17. The molecule has 1 N–H and O–H groups in total. The minimum absolute atomic E-state index is 0.673. The fourth-order valence-electron chi connectivity index (χ4n) is 2.23. The van der Waals surface area contributed by atoms with Gasteiger partial charge in [-0.25, -0.2) is 4.98 Å². The summed E-state index contributed by atoms with van der Waals surface area (Å²) in [6.07, 6.45) is 0. The number of imidazole rings is 1. The van der Waals surface area contributed by atoms with Crippen molar-refractivity contribution in [3.05, 3.63) is 52.4 Å². The molecule has 4 nitrogen and oxygen atoms in total. The summed E-state index contributed by atoms with van der Waals surface area (Å²) < 4.78 is 7.94. The van der Waals surface area contributed by atoms with Crippen molar-refractivity contribution in [3.8, 4) is 5.75 Å². The van der Waals surface area contributed by atoms with Gasteiger partial charge in [-0.05, 0) is 49.0 Å². The van der Waals surface area contributed by atoms with Crippen LogP contribution >= 0.6 is 12.2 Å². The number of pyridine rings is 1. The van der Waals surface area contributed by atoms with Crippen LogP contribution in [0.15, 0.2) is 36.4 Å². The Morgan fingerprint density at radius 2 is 2.15 bits per heavy atom. The lowest BCUT2D eigenvalue weighted by atomic mass is 10.2. The van der Waals surface area contributed by atoms with Gasteiger partial charge in [0.25, 0.3) is 0 Å². The standard InChI is InChI=1S/C15H15N3OS/c1-10-6-7-13-14(16-10)18(15(20)17-13)9-11-4-3-5-12(8-11)19-2/h3-8H,9H2,1-2H3,(H,17,20). The quantitative estimate of drug-likeness (QED) is 0.749. The predicted molar refractivity (Wildman–Crippen MR) is 81.8 cm³/mol. The number of methoxy groups -OCH3 is 1. The van der Waals surface area contributed by atoms with Crippen LogP contribution in [0.4, 0.5) is 0 Å². The third-order valence-electron chi connectivity index (χ3n) is 3.23. The third kappa shape index (κ3) is 2.32. The Hall–Kier alpha value is -2.14. The fourth-order valence-corrected chi connectivity index (χ4v) is 2.49. The Morgan fingerprint density at radius 3 is 2.95 bits per heavy atom. The van der Waals surface area contributed by atoms with E-state index in [9.17, 15) is 0 Å². The number of fused-ring (bicyclic) bond motifs is 1. The van der Waals surface area contributed by atoms with Crippen molar-refractivity contribution in [3.63, 3.8) is 0 Å². The molecule has 0 spiro atoms. The summed E-state index contributed by atoms with van der Waals surface area (Å²) in [4.78, 5) is 7.76. The molecule has 2 heterocycles. The molecule has 0 atom stereocenters. The lowest BCUT2D eigenvalue weighted by molar-refractivity contribution is 0.414. The summed E-state index contributed by atoms with van der Waals surface area (Å²) in [5.74, 6) is 0.845. The lowest BCUT2D eigenvalue weighted by Gasteiger charge is -2.06. The summed E-state index contributed by atoms with van der Waals surface area (Å²) in [5.41, 5.74) is 3.96. The molecule has 20 heavy (non-hydrogen) atoms. The van der Waals surface area contributed by atoms with E-state index in [4.69, 9.17) is 17.0 Å². The summed E-state index contributed by atoms with van der Waals surface area (Å²) >= 11 is 5.39. The van der Waals surface area contributed by atoms with Gasteiger partial charge in [-0.2, -0.15) is 0 Å². The molecule has 0 amide bonds. The molecule has 0 aliphatic heterocycles. The number of nitrogens with one attached hydrogen (secondary N) is 1. The van der Waals surface area contributed by atoms with E-state index >= 15 is 0 Å². The molecule has 0 saturated heterocycles. The number of aryl methyl sites for hydroxylation is 1. The highest BCUT2D eigenvalue weighted by atomic mass is 32.1. The van der Waals surface area contributed by atoms with E-state index in [2.05, 4.69) is 16.0 Å². The van der Waals surface area contributed by atoms with Crippen LogP contribution in [0.2, 0.25) is 0 Å². The zero-order valence-corrected chi connectivity index (χ0v) is 12.2. The average Bonchev–Trinajstić information content (AvgIpc) is 2.75. The molecule has 0 unspecified atom stereocenters. The molecule has 0 fully saturated rings. The number of aromatic amines is 1. The molecule has 0 saturated carbocycles. The maximum absolute atomic E-state index is 5.39. The Balaban J connectivity index is 2.07. The maximum Gasteiger partial charge on any atom is 0.179 e. The summed E-state index contributed by atoms with van der Waals surface area (Å²) in [7, 11) is 1.67. The Labute approximate surface area is 122 Å².